The van der Waals surface area contributed by atoms with Crippen LogP contribution in [0, 0.1) is 12.7 Å². The van der Waals surface area contributed by atoms with Gasteiger partial charge >= 0.3 is 0 Å². The van der Waals surface area contributed by atoms with Crippen LogP contribution >= 0.6 is 27.5 Å². The first-order chi connectivity index (χ1) is 8.56. The number of hydrogen-bond donors (Lipinski definition) is 1. The van der Waals surface area contributed by atoms with Gasteiger partial charge in [0.1, 0.15) is 5.82 Å². The Morgan fingerprint density at radius 1 is 1.22 bits per heavy atom. The first-order valence-corrected chi connectivity index (χ1v) is 6.67. The van der Waals surface area contributed by atoms with Gasteiger partial charge in [-0.3, -0.25) is 0 Å². The second-order valence-corrected chi connectivity index (χ2v) is 5.40. The molecular formula is C14H12BrClFN. The van der Waals surface area contributed by atoms with E-state index in [-0.39, 0.29) is 5.82 Å². The summed E-state index contributed by atoms with van der Waals surface area (Å²) in [5.41, 5.74) is 2.45. The molecule has 0 heterocycles. The highest BCUT2D eigenvalue weighted by molar-refractivity contribution is 9.10. The second kappa shape index (κ2) is 5.72. The van der Waals surface area contributed by atoms with E-state index in [1.54, 1.807) is 12.1 Å². The normalized spacial score (nSPS) is 10.4. The summed E-state index contributed by atoms with van der Waals surface area (Å²) >= 11 is 9.43. The predicted octanol–water partition coefficient (Wildman–Crippen LogP) is 5.16. The van der Waals surface area contributed by atoms with Gasteiger partial charge < -0.3 is 5.32 Å². The zero-order chi connectivity index (χ0) is 13.1. The zero-order valence-electron chi connectivity index (χ0n) is 9.81. The molecule has 94 valence electrons. The summed E-state index contributed by atoms with van der Waals surface area (Å²) in [6.07, 6.45) is 0. The summed E-state index contributed by atoms with van der Waals surface area (Å²) in [5.74, 6) is -0.209. The van der Waals surface area contributed by atoms with Crippen molar-refractivity contribution in [3.05, 3.63) is 62.8 Å². The van der Waals surface area contributed by atoms with Crippen LogP contribution in [0.1, 0.15) is 11.1 Å². The topological polar surface area (TPSA) is 12.0 Å². The van der Waals surface area contributed by atoms with E-state index in [2.05, 4.69) is 21.2 Å². The Kier molecular flexibility index (Phi) is 4.25. The van der Waals surface area contributed by atoms with E-state index in [0.29, 0.717) is 17.1 Å². The summed E-state index contributed by atoms with van der Waals surface area (Å²) in [6, 6.07) is 10.6. The standard InChI is InChI=1S/C14H12BrClFN/c1-9-2-5-13(17)10(6-9)8-18-14-7-11(15)3-4-12(14)16/h2-7,18H,8H2,1H3. The van der Waals surface area contributed by atoms with Crippen molar-refractivity contribution in [2.75, 3.05) is 5.32 Å². The molecule has 2 rings (SSSR count). The third-order valence-corrected chi connectivity index (χ3v) is 3.42. The van der Waals surface area contributed by atoms with Crippen LogP contribution in [0.2, 0.25) is 5.02 Å². The third kappa shape index (κ3) is 3.24. The molecule has 0 saturated carbocycles. The molecule has 4 heteroatoms. The lowest BCUT2D eigenvalue weighted by Gasteiger charge is -2.10. The summed E-state index contributed by atoms with van der Waals surface area (Å²) < 4.78 is 14.5. The molecule has 1 nitrogen and oxygen atoms in total. The minimum atomic E-state index is -0.209. The van der Waals surface area contributed by atoms with Crippen LogP contribution in [0.15, 0.2) is 40.9 Å². The zero-order valence-corrected chi connectivity index (χ0v) is 12.1. The summed E-state index contributed by atoms with van der Waals surface area (Å²) in [5, 5.41) is 3.75. The third-order valence-electron chi connectivity index (χ3n) is 2.60. The number of anilines is 1. The fourth-order valence-electron chi connectivity index (χ4n) is 1.66. The molecule has 0 fully saturated rings. The fraction of sp³-hybridized carbons (Fsp3) is 0.143. The molecule has 2 aromatic rings. The van der Waals surface area contributed by atoms with Crippen molar-refractivity contribution < 1.29 is 4.39 Å². The molecule has 0 amide bonds. The highest BCUT2D eigenvalue weighted by Gasteiger charge is 2.04. The van der Waals surface area contributed by atoms with E-state index >= 15 is 0 Å². The lowest BCUT2D eigenvalue weighted by molar-refractivity contribution is 0.612. The van der Waals surface area contributed by atoms with E-state index in [9.17, 15) is 4.39 Å². The van der Waals surface area contributed by atoms with Crippen LogP contribution in [-0.2, 0) is 6.54 Å². The van der Waals surface area contributed by atoms with E-state index in [0.717, 1.165) is 15.7 Å². The van der Waals surface area contributed by atoms with Crippen molar-refractivity contribution in [3.8, 4) is 0 Å². The highest BCUT2D eigenvalue weighted by atomic mass is 79.9. The maximum absolute atomic E-state index is 13.6. The van der Waals surface area contributed by atoms with Gasteiger partial charge in [0.2, 0.25) is 0 Å². The Balaban J connectivity index is 2.16. The monoisotopic (exact) mass is 327 g/mol. The summed E-state index contributed by atoms with van der Waals surface area (Å²) in [4.78, 5) is 0. The maximum atomic E-state index is 13.6. The number of hydrogen-bond acceptors (Lipinski definition) is 1. The molecule has 0 spiro atoms. The smallest absolute Gasteiger partial charge is 0.128 e. The van der Waals surface area contributed by atoms with Crippen molar-refractivity contribution in [2.45, 2.75) is 13.5 Å². The summed E-state index contributed by atoms with van der Waals surface area (Å²) in [6.45, 7) is 2.35. The SMILES string of the molecule is Cc1ccc(F)c(CNc2cc(Br)ccc2Cl)c1. The Morgan fingerprint density at radius 2 is 2.00 bits per heavy atom. The first kappa shape index (κ1) is 13.4. The molecule has 0 bridgehead atoms. The number of benzene rings is 2. The lowest BCUT2D eigenvalue weighted by Crippen LogP contribution is -2.02. The number of rotatable bonds is 3. The Morgan fingerprint density at radius 3 is 2.78 bits per heavy atom. The van der Waals surface area contributed by atoms with Gasteiger partial charge in [-0.05, 0) is 31.2 Å². The highest BCUT2D eigenvalue weighted by Crippen LogP contribution is 2.26. The number of halogens is 3. The van der Waals surface area contributed by atoms with Crippen LogP contribution in [0.3, 0.4) is 0 Å². The molecule has 0 aliphatic carbocycles. The van der Waals surface area contributed by atoms with Gasteiger partial charge in [-0.25, -0.2) is 4.39 Å². The van der Waals surface area contributed by atoms with Gasteiger partial charge in [0.05, 0.1) is 10.7 Å². The van der Waals surface area contributed by atoms with Gasteiger partial charge in [0.15, 0.2) is 0 Å². The molecule has 0 aliphatic rings. The Labute approximate surface area is 119 Å². The second-order valence-electron chi connectivity index (χ2n) is 4.07. The van der Waals surface area contributed by atoms with Crippen molar-refractivity contribution in [3.63, 3.8) is 0 Å². The number of aryl methyl sites for hydroxylation is 1. The van der Waals surface area contributed by atoms with Crippen LogP contribution in [-0.4, -0.2) is 0 Å². The van der Waals surface area contributed by atoms with Crippen LogP contribution < -0.4 is 5.32 Å². The van der Waals surface area contributed by atoms with E-state index < -0.39 is 0 Å². The van der Waals surface area contributed by atoms with Crippen LogP contribution in [0.25, 0.3) is 0 Å². The minimum absolute atomic E-state index is 0.209. The molecule has 2 aromatic carbocycles. The van der Waals surface area contributed by atoms with Gasteiger partial charge in [0, 0.05) is 16.6 Å². The first-order valence-electron chi connectivity index (χ1n) is 5.50. The van der Waals surface area contributed by atoms with Crippen LogP contribution in [0.5, 0.6) is 0 Å². The molecule has 0 atom stereocenters. The van der Waals surface area contributed by atoms with Crippen molar-refractivity contribution >= 4 is 33.2 Å². The quantitative estimate of drug-likeness (QED) is 0.820. The predicted molar refractivity (Wildman–Crippen MR) is 77.6 cm³/mol. The van der Waals surface area contributed by atoms with E-state index in [4.69, 9.17) is 11.6 Å². The fourth-order valence-corrected chi connectivity index (χ4v) is 2.21. The number of nitrogens with one attached hydrogen (secondary N) is 1. The maximum Gasteiger partial charge on any atom is 0.128 e. The largest absolute Gasteiger partial charge is 0.380 e. The van der Waals surface area contributed by atoms with Gasteiger partial charge in [-0.15, -0.1) is 0 Å². The molecule has 0 aromatic heterocycles. The Hall–Kier alpha value is -1.06. The average molecular weight is 329 g/mol. The lowest BCUT2D eigenvalue weighted by atomic mass is 10.1. The molecule has 18 heavy (non-hydrogen) atoms. The molecule has 0 unspecified atom stereocenters. The van der Waals surface area contributed by atoms with E-state index in [1.807, 2.05) is 25.1 Å². The molecule has 0 saturated heterocycles. The molecule has 1 N–H and O–H groups in total. The van der Waals surface area contributed by atoms with Crippen molar-refractivity contribution in [2.24, 2.45) is 0 Å². The minimum Gasteiger partial charge on any atom is -0.380 e. The van der Waals surface area contributed by atoms with Gasteiger partial charge in [-0.1, -0.05) is 45.2 Å². The summed E-state index contributed by atoms with van der Waals surface area (Å²) in [7, 11) is 0. The van der Waals surface area contributed by atoms with E-state index in [1.165, 1.54) is 6.07 Å². The van der Waals surface area contributed by atoms with Gasteiger partial charge in [0.25, 0.3) is 0 Å². The average Bonchev–Trinajstić information content (AvgIpc) is 2.34. The molecule has 0 aliphatic heterocycles. The van der Waals surface area contributed by atoms with Crippen molar-refractivity contribution in [1.29, 1.82) is 0 Å². The molecular weight excluding hydrogens is 317 g/mol. The van der Waals surface area contributed by atoms with Gasteiger partial charge in [-0.2, -0.15) is 0 Å². The van der Waals surface area contributed by atoms with Crippen molar-refractivity contribution in [1.82, 2.24) is 0 Å². The van der Waals surface area contributed by atoms with Crippen LogP contribution in [0.4, 0.5) is 10.1 Å². The Bertz CT molecular complexity index is 520. The molecule has 0 radical (unpaired) electrons.